The predicted octanol–water partition coefficient (Wildman–Crippen LogP) is 0.882. The van der Waals surface area contributed by atoms with Crippen LogP contribution in [-0.4, -0.2) is 46.8 Å². The first-order chi connectivity index (χ1) is 11.0. The van der Waals surface area contributed by atoms with Gasteiger partial charge >= 0.3 is 0 Å². The average Bonchev–Trinajstić information content (AvgIpc) is 2.57. The quantitative estimate of drug-likeness (QED) is 0.825. The van der Waals surface area contributed by atoms with E-state index in [4.69, 9.17) is 0 Å². The Bertz CT molecular complexity index is 764. The van der Waals surface area contributed by atoms with E-state index in [1.54, 1.807) is 17.0 Å². The lowest BCUT2D eigenvalue weighted by Gasteiger charge is -2.36. The van der Waals surface area contributed by atoms with Gasteiger partial charge in [0.2, 0.25) is 0 Å². The lowest BCUT2D eigenvalue weighted by atomic mass is 10.2. The van der Waals surface area contributed by atoms with Crippen molar-refractivity contribution >= 4 is 11.6 Å². The van der Waals surface area contributed by atoms with E-state index in [2.05, 4.69) is 10.00 Å². The van der Waals surface area contributed by atoms with Gasteiger partial charge in [0.15, 0.2) is 0 Å². The first-order valence-corrected chi connectivity index (χ1v) is 7.39. The third-order valence-electron chi connectivity index (χ3n) is 3.94. The number of aryl methyl sites for hydroxylation is 1. The third-order valence-corrected chi connectivity index (χ3v) is 3.94. The number of carbonyl (C=O) groups excluding carboxylic acids is 1. The molecular formula is C16H17FN4O2. The summed E-state index contributed by atoms with van der Waals surface area (Å²) in [5.74, 6) is -0.442. The van der Waals surface area contributed by atoms with Gasteiger partial charge in [-0.1, -0.05) is 0 Å². The first kappa shape index (κ1) is 15.2. The molecule has 1 saturated heterocycles. The van der Waals surface area contributed by atoms with E-state index < -0.39 is 0 Å². The molecule has 6 nitrogen and oxygen atoms in total. The van der Waals surface area contributed by atoms with Crippen LogP contribution in [0.15, 0.2) is 41.2 Å². The highest BCUT2D eigenvalue weighted by molar-refractivity contribution is 5.92. The van der Waals surface area contributed by atoms with Crippen LogP contribution >= 0.6 is 0 Å². The number of nitrogens with zero attached hydrogens (tertiary/aromatic N) is 4. The zero-order valence-corrected chi connectivity index (χ0v) is 12.8. The van der Waals surface area contributed by atoms with Gasteiger partial charge in [-0.05, 0) is 30.3 Å². The fraction of sp³-hybridized carbons (Fsp3) is 0.312. The number of anilines is 1. The molecule has 1 aliphatic rings. The lowest BCUT2D eigenvalue weighted by molar-refractivity contribution is 0.0738. The topological polar surface area (TPSA) is 58.4 Å². The number of benzene rings is 1. The van der Waals surface area contributed by atoms with E-state index in [-0.39, 0.29) is 23.0 Å². The van der Waals surface area contributed by atoms with Gasteiger partial charge in [0.05, 0.1) is 0 Å². The van der Waals surface area contributed by atoms with Crippen molar-refractivity contribution in [3.63, 3.8) is 0 Å². The Labute approximate surface area is 132 Å². The Morgan fingerprint density at radius 2 is 1.70 bits per heavy atom. The van der Waals surface area contributed by atoms with Crippen LogP contribution in [0.4, 0.5) is 10.1 Å². The minimum Gasteiger partial charge on any atom is -0.368 e. The molecule has 0 atom stereocenters. The van der Waals surface area contributed by atoms with Crippen molar-refractivity contribution in [3.05, 3.63) is 58.3 Å². The number of halogens is 1. The van der Waals surface area contributed by atoms with Gasteiger partial charge < -0.3 is 9.80 Å². The highest BCUT2D eigenvalue weighted by atomic mass is 19.1. The Kier molecular flexibility index (Phi) is 4.10. The maximum Gasteiger partial charge on any atom is 0.274 e. The molecule has 2 aromatic rings. The summed E-state index contributed by atoms with van der Waals surface area (Å²) in [7, 11) is 1.52. The highest BCUT2D eigenvalue weighted by Crippen LogP contribution is 2.17. The molecule has 0 bridgehead atoms. The van der Waals surface area contributed by atoms with Gasteiger partial charge in [0.1, 0.15) is 11.5 Å². The zero-order valence-electron chi connectivity index (χ0n) is 12.8. The summed E-state index contributed by atoms with van der Waals surface area (Å²) in [6.07, 6.45) is 0. The molecule has 0 spiro atoms. The molecule has 23 heavy (non-hydrogen) atoms. The van der Waals surface area contributed by atoms with Crippen molar-refractivity contribution < 1.29 is 9.18 Å². The van der Waals surface area contributed by atoms with E-state index in [0.29, 0.717) is 26.2 Å². The van der Waals surface area contributed by atoms with Gasteiger partial charge in [-0.25, -0.2) is 9.07 Å². The Morgan fingerprint density at radius 1 is 1.04 bits per heavy atom. The molecule has 0 saturated carbocycles. The van der Waals surface area contributed by atoms with Gasteiger partial charge in [0, 0.05) is 45.0 Å². The fourth-order valence-corrected chi connectivity index (χ4v) is 2.60. The molecule has 7 heteroatoms. The third kappa shape index (κ3) is 3.23. The molecule has 1 amide bonds. The van der Waals surface area contributed by atoms with Crippen molar-refractivity contribution in [1.82, 2.24) is 14.7 Å². The van der Waals surface area contributed by atoms with Gasteiger partial charge in [0.25, 0.3) is 11.5 Å². The molecule has 0 N–H and O–H groups in total. The summed E-state index contributed by atoms with van der Waals surface area (Å²) in [5, 5.41) is 3.99. The second kappa shape index (κ2) is 6.20. The monoisotopic (exact) mass is 316 g/mol. The van der Waals surface area contributed by atoms with Crippen LogP contribution in [0.3, 0.4) is 0 Å². The minimum atomic E-state index is -0.261. The van der Waals surface area contributed by atoms with E-state index in [1.807, 2.05) is 0 Å². The Balaban J connectivity index is 1.66. The summed E-state index contributed by atoms with van der Waals surface area (Å²) in [6.45, 7) is 2.45. The van der Waals surface area contributed by atoms with Crippen LogP contribution in [0.2, 0.25) is 0 Å². The van der Waals surface area contributed by atoms with Crippen LogP contribution in [0, 0.1) is 5.82 Å². The average molecular weight is 316 g/mol. The van der Waals surface area contributed by atoms with Crippen molar-refractivity contribution in [2.24, 2.45) is 7.05 Å². The minimum absolute atomic E-state index is 0.181. The molecule has 0 aliphatic carbocycles. The normalized spacial score (nSPS) is 14.9. The predicted molar refractivity (Wildman–Crippen MR) is 84.0 cm³/mol. The SMILES string of the molecule is Cn1nc(C(=O)N2CCN(c3ccc(F)cc3)CC2)ccc1=O. The second-order valence-electron chi connectivity index (χ2n) is 5.44. The summed E-state index contributed by atoms with van der Waals surface area (Å²) in [5.41, 5.74) is 0.962. The van der Waals surface area contributed by atoms with Crippen LogP contribution in [-0.2, 0) is 7.05 Å². The molecule has 1 fully saturated rings. The Morgan fingerprint density at radius 3 is 2.30 bits per heavy atom. The van der Waals surface area contributed by atoms with E-state index >= 15 is 0 Å². The van der Waals surface area contributed by atoms with Crippen LogP contribution in [0.5, 0.6) is 0 Å². The summed E-state index contributed by atoms with van der Waals surface area (Å²) >= 11 is 0. The number of piperazine rings is 1. The van der Waals surface area contributed by atoms with Gasteiger partial charge in [-0.2, -0.15) is 5.10 Å². The molecule has 3 rings (SSSR count). The molecular weight excluding hydrogens is 299 g/mol. The molecule has 120 valence electrons. The van der Waals surface area contributed by atoms with Crippen molar-refractivity contribution in [1.29, 1.82) is 0 Å². The number of amides is 1. The lowest BCUT2D eigenvalue weighted by Crippen LogP contribution is -2.49. The fourth-order valence-electron chi connectivity index (χ4n) is 2.60. The van der Waals surface area contributed by atoms with Gasteiger partial charge in [-0.3, -0.25) is 9.59 Å². The second-order valence-corrected chi connectivity index (χ2v) is 5.44. The number of aromatic nitrogens is 2. The van der Waals surface area contributed by atoms with Crippen molar-refractivity contribution in [2.45, 2.75) is 0 Å². The summed E-state index contributed by atoms with van der Waals surface area (Å²) < 4.78 is 14.1. The van der Waals surface area contributed by atoms with Crippen LogP contribution in [0.1, 0.15) is 10.5 Å². The molecule has 0 radical (unpaired) electrons. The molecule has 2 heterocycles. The summed E-state index contributed by atoms with van der Waals surface area (Å²) in [4.78, 5) is 27.6. The van der Waals surface area contributed by atoms with Crippen LogP contribution < -0.4 is 10.5 Å². The van der Waals surface area contributed by atoms with Crippen molar-refractivity contribution in [3.8, 4) is 0 Å². The molecule has 1 aliphatic heterocycles. The van der Waals surface area contributed by atoms with Crippen LogP contribution in [0.25, 0.3) is 0 Å². The smallest absolute Gasteiger partial charge is 0.274 e. The largest absolute Gasteiger partial charge is 0.368 e. The maximum absolute atomic E-state index is 13.0. The van der Waals surface area contributed by atoms with Crippen molar-refractivity contribution in [2.75, 3.05) is 31.1 Å². The number of hydrogen-bond acceptors (Lipinski definition) is 4. The van der Waals surface area contributed by atoms with E-state index in [9.17, 15) is 14.0 Å². The molecule has 1 aromatic carbocycles. The molecule has 0 unspecified atom stereocenters. The number of hydrogen-bond donors (Lipinski definition) is 0. The van der Waals surface area contributed by atoms with E-state index in [0.717, 1.165) is 10.4 Å². The maximum atomic E-state index is 13.0. The molecule has 1 aromatic heterocycles. The first-order valence-electron chi connectivity index (χ1n) is 7.39. The number of rotatable bonds is 2. The van der Waals surface area contributed by atoms with E-state index in [1.165, 1.54) is 31.3 Å². The summed E-state index contributed by atoms with van der Waals surface area (Å²) in [6, 6.07) is 9.14. The Hall–Kier alpha value is -2.70. The van der Waals surface area contributed by atoms with Gasteiger partial charge in [-0.15, -0.1) is 0 Å². The zero-order chi connectivity index (χ0) is 16.4. The standard InChI is InChI=1S/C16H17FN4O2/c1-19-15(22)7-6-14(18-19)16(23)21-10-8-20(9-11-21)13-4-2-12(17)3-5-13/h2-7H,8-11H2,1H3. The highest BCUT2D eigenvalue weighted by Gasteiger charge is 2.23. The number of carbonyl (C=O) groups is 1.